The third-order valence-electron chi connectivity index (χ3n) is 10.3. The second-order valence-corrected chi connectivity index (χ2v) is 14.4. The van der Waals surface area contributed by atoms with Crippen LogP contribution >= 0.6 is 11.6 Å². The maximum Gasteiger partial charge on any atom is 0.262 e. The average molecular weight is 831 g/mol. The molecule has 2 fully saturated rings. The summed E-state index contributed by atoms with van der Waals surface area (Å²) in [5.74, 6) is -4.94. The zero-order valence-corrected chi connectivity index (χ0v) is 32.4. The number of likely N-dealkylation sites (N-methyl/N-ethyl adjacent to an activating group) is 1. The van der Waals surface area contributed by atoms with Gasteiger partial charge >= 0.3 is 0 Å². The second-order valence-electron chi connectivity index (χ2n) is 14.0. The highest BCUT2D eigenvalue weighted by molar-refractivity contribution is 6.34. The maximum absolute atomic E-state index is 16.4. The number of piperidine rings is 1. The molecule has 3 N–H and O–H groups in total. The van der Waals surface area contributed by atoms with Gasteiger partial charge in [-0.15, -0.1) is 0 Å². The lowest BCUT2D eigenvalue weighted by molar-refractivity contribution is -0.136. The van der Waals surface area contributed by atoms with Crippen molar-refractivity contribution in [1.82, 2.24) is 30.0 Å². The first-order chi connectivity index (χ1) is 28.3. The van der Waals surface area contributed by atoms with Crippen LogP contribution in [0.5, 0.6) is 11.5 Å². The first-order valence-electron chi connectivity index (χ1n) is 18.6. The predicted molar refractivity (Wildman–Crippen MR) is 210 cm³/mol. The summed E-state index contributed by atoms with van der Waals surface area (Å²) in [7, 11) is 1.56. The van der Waals surface area contributed by atoms with Crippen LogP contribution in [-0.2, 0) is 19.2 Å². The van der Waals surface area contributed by atoms with E-state index < -0.39 is 52.6 Å². The number of nitrogens with one attached hydrogen (secondary N) is 2. The molecule has 306 valence electrons. The Kier molecular flexibility index (Phi) is 11.4. The van der Waals surface area contributed by atoms with Crippen molar-refractivity contribution in [2.24, 2.45) is 0 Å². The van der Waals surface area contributed by atoms with Crippen LogP contribution in [0, 0.1) is 11.6 Å². The van der Waals surface area contributed by atoms with Crippen LogP contribution in [-0.4, -0.2) is 124 Å². The van der Waals surface area contributed by atoms with E-state index in [0.717, 1.165) is 11.0 Å². The number of rotatable bonds is 12. The van der Waals surface area contributed by atoms with E-state index in [1.807, 2.05) is 4.90 Å². The Hall–Kier alpha value is -6.69. The summed E-state index contributed by atoms with van der Waals surface area (Å²) in [4.78, 5) is 90.1. The van der Waals surface area contributed by atoms with Crippen LogP contribution in [0.1, 0.15) is 40.0 Å². The number of imide groups is 2. The molecule has 7 rings (SSSR count). The molecule has 0 aliphatic carbocycles. The van der Waals surface area contributed by atoms with Crippen LogP contribution in [0.4, 0.5) is 20.5 Å². The minimum atomic E-state index is -1.10. The number of amides is 6. The summed E-state index contributed by atoms with van der Waals surface area (Å²) in [5, 5.41) is 15.6. The van der Waals surface area contributed by atoms with Gasteiger partial charge in [-0.1, -0.05) is 24.2 Å². The van der Waals surface area contributed by atoms with Crippen molar-refractivity contribution >= 4 is 69.7 Å². The van der Waals surface area contributed by atoms with E-state index in [1.54, 1.807) is 11.9 Å². The number of hydrogen-bond donors (Lipinski definition) is 3. The molecule has 3 aliphatic rings. The smallest absolute Gasteiger partial charge is 0.262 e. The summed E-state index contributed by atoms with van der Waals surface area (Å²) in [6.45, 7) is 5.03. The van der Waals surface area contributed by atoms with Gasteiger partial charge in [0, 0.05) is 63.6 Å². The summed E-state index contributed by atoms with van der Waals surface area (Å²) < 4.78 is 37.2. The molecule has 59 heavy (non-hydrogen) atoms. The molecular weight excluding hydrogens is 794 g/mol. The first-order valence-corrected chi connectivity index (χ1v) is 18.9. The van der Waals surface area contributed by atoms with Crippen molar-refractivity contribution < 1.29 is 47.4 Å². The highest BCUT2D eigenvalue weighted by Gasteiger charge is 2.44. The lowest BCUT2D eigenvalue weighted by Gasteiger charge is -2.35. The highest BCUT2D eigenvalue weighted by Crippen LogP contribution is 2.42. The highest BCUT2D eigenvalue weighted by atomic mass is 35.5. The maximum atomic E-state index is 16.4. The van der Waals surface area contributed by atoms with Crippen LogP contribution in [0.3, 0.4) is 0 Å². The molecule has 0 bridgehead atoms. The molecule has 1 aromatic heterocycles. The average Bonchev–Trinajstić information content (AvgIpc) is 3.46. The number of benzene rings is 3. The Morgan fingerprint density at radius 1 is 1.05 bits per heavy atom. The van der Waals surface area contributed by atoms with E-state index in [4.69, 9.17) is 16.3 Å². The third-order valence-corrected chi connectivity index (χ3v) is 10.6. The van der Waals surface area contributed by atoms with Gasteiger partial charge in [0.2, 0.25) is 29.6 Å². The minimum Gasteiger partial charge on any atom is -0.507 e. The van der Waals surface area contributed by atoms with E-state index >= 15 is 4.39 Å². The van der Waals surface area contributed by atoms with Gasteiger partial charge in [-0.3, -0.25) is 39.0 Å². The standard InChI is InChI=1S/C40H37ClF2N8O8/c1-3-30(54)49-13-15-50(16-14-49)36-24-20-25(41)32(33-26(42)5-4-6-28(33)52)34(43)35(24)46-40(47-36)44-12-11-31(55)48(2)17-18-59-21-7-8-22-23(19-21)39(58)51(38(22)57)27-9-10-29(53)45-37(27)56/h3-8,19-20,27,52H,1,9-18H2,2H3,(H,44,46,47)(H,45,53,56). The summed E-state index contributed by atoms with van der Waals surface area (Å²) in [5.41, 5.74) is -0.877. The quantitative estimate of drug-likeness (QED) is 0.139. The molecule has 1 atom stereocenters. The number of carbonyl (C=O) groups is 6. The number of aromatic hydroxyl groups is 1. The van der Waals surface area contributed by atoms with E-state index in [-0.39, 0.29) is 101 Å². The topological polar surface area (TPSA) is 195 Å². The number of hydrogen-bond acceptors (Lipinski definition) is 12. The number of nitrogens with zero attached hydrogens (tertiary/aromatic N) is 6. The molecule has 2 saturated heterocycles. The van der Waals surface area contributed by atoms with Crippen LogP contribution in [0.2, 0.25) is 5.02 Å². The SMILES string of the molecule is C=CC(=O)N1CCN(c2nc(NCCC(=O)N(C)CCOc3ccc4c(c3)C(=O)N(C3CCC(=O)NC3=O)C4=O)nc3c(F)c(-c4c(O)cccc4F)c(Cl)cc23)CC1. The normalized spacial score (nSPS) is 16.6. The van der Waals surface area contributed by atoms with Crippen LogP contribution in [0.15, 0.2) is 55.1 Å². The number of halogens is 3. The Morgan fingerprint density at radius 2 is 1.80 bits per heavy atom. The summed E-state index contributed by atoms with van der Waals surface area (Å²) in [6.07, 6.45) is 1.21. The molecule has 0 spiro atoms. The van der Waals surface area contributed by atoms with Gasteiger partial charge in [0.05, 0.1) is 28.3 Å². The molecular formula is C40H37ClF2N8O8. The Morgan fingerprint density at radius 3 is 2.51 bits per heavy atom. The molecule has 16 nitrogen and oxygen atoms in total. The molecule has 4 heterocycles. The number of ether oxygens (including phenoxy) is 1. The van der Waals surface area contributed by atoms with E-state index in [9.17, 15) is 38.3 Å². The van der Waals surface area contributed by atoms with Gasteiger partial charge < -0.3 is 29.9 Å². The lowest BCUT2D eigenvalue weighted by Crippen LogP contribution is -2.54. The molecule has 4 aromatic rings. The molecule has 3 aliphatic heterocycles. The lowest BCUT2D eigenvalue weighted by atomic mass is 10.0. The fourth-order valence-electron chi connectivity index (χ4n) is 7.19. The molecule has 1 unspecified atom stereocenters. The molecule has 3 aromatic carbocycles. The van der Waals surface area contributed by atoms with Gasteiger partial charge in [-0.05, 0) is 48.9 Å². The van der Waals surface area contributed by atoms with Crippen LogP contribution in [0.25, 0.3) is 22.0 Å². The Balaban J connectivity index is 1.01. The number of aromatic nitrogens is 2. The number of anilines is 2. The van der Waals surface area contributed by atoms with Gasteiger partial charge in [-0.2, -0.15) is 4.98 Å². The second kappa shape index (κ2) is 16.7. The molecule has 6 amide bonds. The monoisotopic (exact) mass is 830 g/mol. The predicted octanol–water partition coefficient (Wildman–Crippen LogP) is 3.51. The number of phenolic OH excluding ortho intramolecular Hbond substituents is 1. The zero-order valence-electron chi connectivity index (χ0n) is 31.6. The minimum absolute atomic E-state index is 0.000121. The van der Waals surface area contributed by atoms with E-state index in [1.165, 1.54) is 47.4 Å². The number of fused-ring (bicyclic) bond motifs is 2. The van der Waals surface area contributed by atoms with Crippen molar-refractivity contribution in [1.29, 1.82) is 0 Å². The number of phenols is 1. The van der Waals surface area contributed by atoms with Gasteiger partial charge in [0.25, 0.3) is 11.8 Å². The third kappa shape index (κ3) is 7.95. The number of carbonyl (C=O) groups excluding carboxylic acids is 6. The van der Waals surface area contributed by atoms with Crippen molar-refractivity contribution in [3.8, 4) is 22.6 Å². The van der Waals surface area contributed by atoms with Crippen molar-refractivity contribution in [2.45, 2.75) is 25.3 Å². The van der Waals surface area contributed by atoms with Gasteiger partial charge in [0.15, 0.2) is 5.82 Å². The van der Waals surface area contributed by atoms with Crippen molar-refractivity contribution in [3.05, 3.63) is 82.9 Å². The van der Waals surface area contributed by atoms with E-state index in [0.29, 0.717) is 26.2 Å². The van der Waals surface area contributed by atoms with Crippen LogP contribution < -0.4 is 20.3 Å². The summed E-state index contributed by atoms with van der Waals surface area (Å²) in [6, 6.07) is 8.17. The Bertz CT molecular complexity index is 2420. The first kappa shape index (κ1) is 40.5. The zero-order chi connectivity index (χ0) is 42.1. The fourth-order valence-corrected chi connectivity index (χ4v) is 7.48. The van der Waals surface area contributed by atoms with Crippen molar-refractivity contribution in [3.63, 3.8) is 0 Å². The molecule has 0 saturated carbocycles. The van der Waals surface area contributed by atoms with Crippen molar-refractivity contribution in [2.75, 3.05) is 63.1 Å². The summed E-state index contributed by atoms with van der Waals surface area (Å²) >= 11 is 6.54. The molecule has 19 heteroatoms. The molecule has 0 radical (unpaired) electrons. The largest absolute Gasteiger partial charge is 0.507 e. The Labute approximate surface area is 340 Å². The fraction of sp³-hybridized carbons (Fsp3) is 0.300. The number of piperazine rings is 1. The van der Waals surface area contributed by atoms with E-state index in [2.05, 4.69) is 27.2 Å². The van der Waals surface area contributed by atoms with Gasteiger partial charge in [-0.25, -0.2) is 13.8 Å². The van der Waals surface area contributed by atoms with Gasteiger partial charge in [0.1, 0.15) is 41.3 Å².